The molecule has 6 nitrogen and oxygen atoms in total. The molecule has 0 aromatic heterocycles. The molecule has 1 atom stereocenters. The van der Waals surface area contributed by atoms with Crippen LogP contribution < -0.4 is 9.64 Å². The molecule has 1 aromatic carbocycles. The van der Waals surface area contributed by atoms with Crippen molar-refractivity contribution < 1.29 is 17.9 Å². The normalized spacial score (nSPS) is 20.3. The van der Waals surface area contributed by atoms with Gasteiger partial charge in [0, 0.05) is 13.1 Å². The lowest BCUT2D eigenvalue weighted by Gasteiger charge is -2.30. The van der Waals surface area contributed by atoms with E-state index in [1.165, 1.54) is 0 Å². The number of carbonyl (C=O) groups is 1. The van der Waals surface area contributed by atoms with Crippen LogP contribution >= 0.6 is 0 Å². The summed E-state index contributed by atoms with van der Waals surface area (Å²) in [6.07, 6.45) is 1.04. The lowest BCUT2D eigenvalue weighted by Crippen LogP contribution is -2.41. The van der Waals surface area contributed by atoms with Gasteiger partial charge in [0.2, 0.25) is 0 Å². The summed E-state index contributed by atoms with van der Waals surface area (Å²) in [7, 11) is -3.17. The molecule has 1 fully saturated rings. The van der Waals surface area contributed by atoms with Gasteiger partial charge in [-0.05, 0) is 38.8 Å². The molecule has 25 heavy (non-hydrogen) atoms. The van der Waals surface area contributed by atoms with Crippen molar-refractivity contribution in [2.75, 3.05) is 30.3 Å². The standard InChI is InChI=1S/C18H26N2O4S/c1-4-18(2,3)25(22,23)11-7-10-19-12-14-13-24-16-9-6-5-8-15(16)20(14)17(19)21/h5-6,8-9,14H,4,7,10-13H2,1-3H3. The lowest BCUT2D eigenvalue weighted by atomic mass is 10.1. The summed E-state index contributed by atoms with van der Waals surface area (Å²) in [5.41, 5.74) is 0.797. The first-order valence-corrected chi connectivity index (χ1v) is 10.4. The van der Waals surface area contributed by atoms with E-state index in [1.54, 1.807) is 23.6 Å². The van der Waals surface area contributed by atoms with Gasteiger partial charge in [-0.25, -0.2) is 13.2 Å². The van der Waals surface area contributed by atoms with Crippen LogP contribution in [0.5, 0.6) is 5.75 Å². The first-order valence-electron chi connectivity index (χ1n) is 8.79. The largest absolute Gasteiger partial charge is 0.489 e. The van der Waals surface area contributed by atoms with Crippen molar-refractivity contribution in [1.29, 1.82) is 0 Å². The maximum absolute atomic E-state index is 12.8. The molecular formula is C18H26N2O4S. The monoisotopic (exact) mass is 366 g/mol. The van der Waals surface area contributed by atoms with E-state index < -0.39 is 14.6 Å². The number of fused-ring (bicyclic) bond motifs is 3. The van der Waals surface area contributed by atoms with Crippen molar-refractivity contribution in [3.8, 4) is 5.75 Å². The summed E-state index contributed by atoms with van der Waals surface area (Å²) in [6, 6.07) is 7.45. The van der Waals surface area contributed by atoms with E-state index in [-0.39, 0.29) is 17.8 Å². The van der Waals surface area contributed by atoms with E-state index in [0.717, 1.165) is 11.4 Å². The third-order valence-corrected chi connectivity index (χ3v) is 8.16. The Labute approximate surface area is 149 Å². The van der Waals surface area contributed by atoms with Gasteiger partial charge in [0.05, 0.1) is 22.2 Å². The summed E-state index contributed by atoms with van der Waals surface area (Å²) in [5.74, 6) is 0.830. The van der Waals surface area contributed by atoms with Gasteiger partial charge in [0.15, 0.2) is 9.84 Å². The van der Waals surface area contributed by atoms with Gasteiger partial charge in [-0.1, -0.05) is 19.1 Å². The molecule has 0 saturated carbocycles. The number of carbonyl (C=O) groups excluding carboxylic acids is 1. The number of benzene rings is 1. The quantitative estimate of drug-likeness (QED) is 0.776. The van der Waals surface area contributed by atoms with Crippen LogP contribution in [0.15, 0.2) is 24.3 Å². The third-order valence-electron chi connectivity index (χ3n) is 5.36. The summed E-state index contributed by atoms with van der Waals surface area (Å²) in [5, 5.41) is 0. The fraction of sp³-hybridized carbons (Fsp3) is 0.611. The predicted molar refractivity (Wildman–Crippen MR) is 97.9 cm³/mol. The molecule has 138 valence electrons. The molecule has 0 bridgehead atoms. The number of sulfone groups is 1. The van der Waals surface area contributed by atoms with Crippen LogP contribution in [-0.4, -0.2) is 55.6 Å². The summed E-state index contributed by atoms with van der Waals surface area (Å²) in [6.45, 7) is 6.91. The van der Waals surface area contributed by atoms with Crippen molar-refractivity contribution in [1.82, 2.24) is 4.90 Å². The van der Waals surface area contributed by atoms with Crippen LogP contribution in [-0.2, 0) is 9.84 Å². The Bertz CT molecular complexity index is 760. The van der Waals surface area contributed by atoms with Crippen LogP contribution in [0.3, 0.4) is 0 Å². The Morgan fingerprint density at radius 3 is 2.72 bits per heavy atom. The zero-order chi connectivity index (χ0) is 18.2. The van der Waals surface area contributed by atoms with E-state index in [2.05, 4.69) is 0 Å². The smallest absolute Gasteiger partial charge is 0.325 e. The van der Waals surface area contributed by atoms with Crippen LogP contribution in [0.2, 0.25) is 0 Å². The van der Waals surface area contributed by atoms with Gasteiger partial charge < -0.3 is 9.64 Å². The van der Waals surface area contributed by atoms with E-state index in [4.69, 9.17) is 4.74 Å². The average Bonchev–Trinajstić information content (AvgIpc) is 2.91. The van der Waals surface area contributed by atoms with E-state index in [9.17, 15) is 13.2 Å². The maximum atomic E-state index is 12.8. The van der Waals surface area contributed by atoms with E-state index in [0.29, 0.717) is 32.5 Å². The highest BCUT2D eigenvalue weighted by Gasteiger charge is 2.42. The number of urea groups is 1. The highest BCUT2D eigenvalue weighted by molar-refractivity contribution is 7.92. The molecule has 2 aliphatic rings. The van der Waals surface area contributed by atoms with Crippen molar-refractivity contribution in [3.63, 3.8) is 0 Å². The maximum Gasteiger partial charge on any atom is 0.325 e. The second kappa shape index (κ2) is 6.52. The van der Waals surface area contributed by atoms with Crippen molar-refractivity contribution >= 4 is 21.6 Å². The Morgan fingerprint density at radius 1 is 1.28 bits per heavy atom. The topological polar surface area (TPSA) is 66.9 Å². The second-order valence-corrected chi connectivity index (χ2v) is 10.1. The minimum Gasteiger partial charge on any atom is -0.489 e. The van der Waals surface area contributed by atoms with Gasteiger partial charge >= 0.3 is 6.03 Å². The molecule has 0 radical (unpaired) electrons. The number of rotatable bonds is 6. The van der Waals surface area contributed by atoms with Crippen LogP contribution in [0, 0.1) is 0 Å². The SMILES string of the molecule is CCC(C)(C)S(=O)(=O)CCCN1CC2COc3ccccc3N2C1=O. The number of para-hydroxylation sites is 2. The Kier molecular flexibility index (Phi) is 4.70. The number of ether oxygens (including phenoxy) is 1. The minimum absolute atomic E-state index is 0.00825. The van der Waals surface area contributed by atoms with Gasteiger partial charge in [-0.2, -0.15) is 0 Å². The molecule has 0 aliphatic carbocycles. The average molecular weight is 366 g/mol. The van der Waals surface area contributed by atoms with Gasteiger partial charge in [-0.3, -0.25) is 4.90 Å². The molecule has 3 rings (SSSR count). The number of amides is 2. The van der Waals surface area contributed by atoms with Gasteiger partial charge in [0.25, 0.3) is 0 Å². The minimum atomic E-state index is -3.17. The third kappa shape index (κ3) is 3.21. The highest BCUT2D eigenvalue weighted by atomic mass is 32.2. The van der Waals surface area contributed by atoms with Crippen LogP contribution in [0.4, 0.5) is 10.5 Å². The van der Waals surface area contributed by atoms with E-state index >= 15 is 0 Å². The molecule has 2 amide bonds. The molecule has 7 heteroatoms. The molecule has 1 saturated heterocycles. The second-order valence-electron chi connectivity index (χ2n) is 7.32. The summed E-state index contributed by atoms with van der Waals surface area (Å²) in [4.78, 5) is 16.3. The van der Waals surface area contributed by atoms with Crippen LogP contribution in [0.1, 0.15) is 33.6 Å². The zero-order valence-corrected chi connectivity index (χ0v) is 15.9. The number of nitrogens with zero attached hydrogens (tertiary/aromatic N) is 2. The zero-order valence-electron chi connectivity index (χ0n) is 15.1. The number of hydrogen-bond acceptors (Lipinski definition) is 4. The molecule has 2 heterocycles. The fourth-order valence-corrected chi connectivity index (χ4v) is 4.74. The number of hydrogen-bond donors (Lipinski definition) is 0. The van der Waals surface area contributed by atoms with Crippen molar-refractivity contribution in [2.24, 2.45) is 0 Å². The van der Waals surface area contributed by atoms with Gasteiger partial charge in [-0.15, -0.1) is 0 Å². The molecule has 2 aliphatic heterocycles. The fourth-order valence-electron chi connectivity index (χ4n) is 3.24. The van der Waals surface area contributed by atoms with Crippen molar-refractivity contribution in [2.45, 2.75) is 44.4 Å². The lowest BCUT2D eigenvalue weighted by molar-refractivity contribution is 0.220. The molecule has 1 aromatic rings. The molecule has 0 spiro atoms. The summed E-state index contributed by atoms with van der Waals surface area (Å²) >= 11 is 0. The molecule has 0 N–H and O–H groups in total. The molecule has 1 unspecified atom stereocenters. The van der Waals surface area contributed by atoms with Crippen molar-refractivity contribution in [3.05, 3.63) is 24.3 Å². The Balaban J connectivity index is 1.64. The number of anilines is 1. The first-order chi connectivity index (χ1) is 11.8. The Morgan fingerprint density at radius 2 is 2.00 bits per heavy atom. The first kappa shape index (κ1) is 18.0. The Hall–Kier alpha value is -1.76. The van der Waals surface area contributed by atoms with E-state index in [1.807, 2.05) is 31.2 Å². The summed E-state index contributed by atoms with van der Waals surface area (Å²) < 4.78 is 29.9. The molecular weight excluding hydrogens is 340 g/mol. The van der Waals surface area contributed by atoms with Gasteiger partial charge in [0.1, 0.15) is 12.4 Å². The predicted octanol–water partition coefficient (Wildman–Crippen LogP) is 2.68. The van der Waals surface area contributed by atoms with Crippen LogP contribution in [0.25, 0.3) is 0 Å². The highest BCUT2D eigenvalue weighted by Crippen LogP contribution is 2.37.